The second kappa shape index (κ2) is 8.13. The molecule has 1 aromatic rings. The van der Waals surface area contributed by atoms with Crippen molar-refractivity contribution in [3.63, 3.8) is 0 Å². The van der Waals surface area contributed by atoms with Gasteiger partial charge in [0.25, 0.3) is 0 Å². The fourth-order valence-electron chi connectivity index (χ4n) is 1.66. The van der Waals surface area contributed by atoms with Crippen LogP contribution in [0.25, 0.3) is 0 Å². The third-order valence-electron chi connectivity index (χ3n) is 2.71. The molecule has 0 aliphatic heterocycles. The first kappa shape index (κ1) is 15.0. The Balaban J connectivity index is 2.18. The van der Waals surface area contributed by atoms with Gasteiger partial charge in [-0.3, -0.25) is 4.79 Å². The van der Waals surface area contributed by atoms with Crippen molar-refractivity contribution in [3.05, 3.63) is 35.9 Å². The number of hydrogen-bond donors (Lipinski definition) is 3. The number of hydrogen-bond acceptors (Lipinski definition) is 2. The summed E-state index contributed by atoms with van der Waals surface area (Å²) in [6.07, 6.45) is 1.68. The smallest absolute Gasteiger partial charge is 0.315 e. The van der Waals surface area contributed by atoms with Gasteiger partial charge in [0.15, 0.2) is 0 Å². The quantitative estimate of drug-likeness (QED) is 0.702. The molecule has 1 aromatic carbocycles. The van der Waals surface area contributed by atoms with Crippen LogP contribution in [0, 0.1) is 0 Å². The summed E-state index contributed by atoms with van der Waals surface area (Å²) in [6, 6.07) is 9.80. The van der Waals surface area contributed by atoms with Gasteiger partial charge in [0, 0.05) is 12.6 Å². The molecule has 0 saturated heterocycles. The maximum Gasteiger partial charge on any atom is 0.315 e. The van der Waals surface area contributed by atoms with Crippen molar-refractivity contribution in [2.45, 2.75) is 32.2 Å². The van der Waals surface area contributed by atoms with E-state index in [1.54, 1.807) is 0 Å². The van der Waals surface area contributed by atoms with Crippen LogP contribution in [0.4, 0.5) is 4.79 Å². The van der Waals surface area contributed by atoms with E-state index in [1.165, 1.54) is 5.56 Å². The van der Waals surface area contributed by atoms with Gasteiger partial charge in [-0.15, -0.1) is 0 Å². The SMILES string of the molecule is CC(CCc1ccccc1)NC(=O)NCCC(=O)O. The monoisotopic (exact) mass is 264 g/mol. The number of nitrogens with one attached hydrogen (secondary N) is 2. The predicted molar refractivity (Wildman–Crippen MR) is 73.0 cm³/mol. The van der Waals surface area contributed by atoms with Crippen LogP contribution in [0.5, 0.6) is 0 Å². The lowest BCUT2D eigenvalue weighted by Crippen LogP contribution is -2.41. The molecular weight excluding hydrogens is 244 g/mol. The zero-order chi connectivity index (χ0) is 14.1. The number of benzene rings is 1. The summed E-state index contributed by atoms with van der Waals surface area (Å²) < 4.78 is 0. The third kappa shape index (κ3) is 7.08. The van der Waals surface area contributed by atoms with Crippen molar-refractivity contribution in [2.24, 2.45) is 0 Å². The molecule has 0 spiro atoms. The summed E-state index contributed by atoms with van der Waals surface area (Å²) in [5.74, 6) is -0.919. The van der Waals surface area contributed by atoms with E-state index in [0.717, 1.165) is 12.8 Å². The molecule has 0 radical (unpaired) electrons. The maximum absolute atomic E-state index is 11.4. The third-order valence-corrected chi connectivity index (χ3v) is 2.71. The van der Waals surface area contributed by atoms with Crippen LogP contribution in [0.3, 0.4) is 0 Å². The van der Waals surface area contributed by atoms with E-state index in [2.05, 4.69) is 22.8 Å². The Hall–Kier alpha value is -2.04. The van der Waals surface area contributed by atoms with Gasteiger partial charge in [0.2, 0.25) is 0 Å². The second-order valence-corrected chi connectivity index (χ2v) is 4.47. The Morgan fingerprint density at radius 2 is 1.95 bits per heavy atom. The standard InChI is InChI=1S/C14H20N2O3/c1-11(7-8-12-5-3-2-4-6-12)16-14(19)15-10-9-13(17)18/h2-6,11H,7-10H2,1H3,(H,17,18)(H2,15,16,19). The van der Waals surface area contributed by atoms with Crippen LogP contribution in [-0.4, -0.2) is 29.7 Å². The van der Waals surface area contributed by atoms with Crippen molar-refractivity contribution in [1.29, 1.82) is 0 Å². The van der Waals surface area contributed by atoms with Gasteiger partial charge in [-0.05, 0) is 25.3 Å². The predicted octanol–water partition coefficient (Wildman–Crippen LogP) is 1.78. The number of aryl methyl sites for hydroxylation is 1. The van der Waals surface area contributed by atoms with Gasteiger partial charge in [-0.2, -0.15) is 0 Å². The number of aliphatic carboxylic acids is 1. The Labute approximate surface area is 113 Å². The minimum atomic E-state index is -0.919. The van der Waals surface area contributed by atoms with E-state index in [0.29, 0.717) is 0 Å². The van der Waals surface area contributed by atoms with Crippen LogP contribution in [0.15, 0.2) is 30.3 Å². The lowest BCUT2D eigenvalue weighted by molar-refractivity contribution is -0.136. The number of carboxylic acid groups (broad SMARTS) is 1. The summed E-state index contributed by atoms with van der Waals surface area (Å²) in [4.78, 5) is 21.7. The molecule has 0 aromatic heterocycles. The van der Waals surface area contributed by atoms with E-state index < -0.39 is 5.97 Å². The van der Waals surface area contributed by atoms with Crippen LogP contribution < -0.4 is 10.6 Å². The maximum atomic E-state index is 11.4. The van der Waals surface area contributed by atoms with Crippen molar-refractivity contribution >= 4 is 12.0 Å². The zero-order valence-corrected chi connectivity index (χ0v) is 11.1. The summed E-state index contributed by atoms with van der Waals surface area (Å²) in [7, 11) is 0. The molecule has 1 rings (SSSR count). The number of carbonyl (C=O) groups is 2. The lowest BCUT2D eigenvalue weighted by Gasteiger charge is -2.14. The largest absolute Gasteiger partial charge is 0.481 e. The molecule has 104 valence electrons. The molecular formula is C14H20N2O3. The molecule has 0 aliphatic carbocycles. The van der Waals surface area contributed by atoms with Crippen molar-refractivity contribution < 1.29 is 14.7 Å². The number of rotatable bonds is 7. The molecule has 0 heterocycles. The molecule has 19 heavy (non-hydrogen) atoms. The Morgan fingerprint density at radius 1 is 1.26 bits per heavy atom. The number of amides is 2. The van der Waals surface area contributed by atoms with E-state index >= 15 is 0 Å². The summed E-state index contributed by atoms with van der Waals surface area (Å²) in [5.41, 5.74) is 1.24. The topological polar surface area (TPSA) is 78.4 Å². The molecule has 5 heteroatoms. The van der Waals surface area contributed by atoms with Gasteiger partial charge >= 0.3 is 12.0 Å². The van der Waals surface area contributed by atoms with Gasteiger partial charge in [0.05, 0.1) is 6.42 Å². The minimum Gasteiger partial charge on any atom is -0.481 e. The second-order valence-electron chi connectivity index (χ2n) is 4.47. The molecule has 1 unspecified atom stereocenters. The van der Waals surface area contributed by atoms with Crippen LogP contribution in [-0.2, 0) is 11.2 Å². The van der Waals surface area contributed by atoms with E-state index in [4.69, 9.17) is 5.11 Å². The Bertz CT molecular complexity index is 406. The first-order chi connectivity index (χ1) is 9.08. The number of carbonyl (C=O) groups excluding carboxylic acids is 1. The average molecular weight is 264 g/mol. The van der Waals surface area contributed by atoms with E-state index in [9.17, 15) is 9.59 Å². The molecule has 2 amide bonds. The first-order valence-electron chi connectivity index (χ1n) is 6.38. The fourth-order valence-corrected chi connectivity index (χ4v) is 1.66. The van der Waals surface area contributed by atoms with Gasteiger partial charge in [-0.25, -0.2) is 4.79 Å². The lowest BCUT2D eigenvalue weighted by atomic mass is 10.1. The molecule has 5 nitrogen and oxygen atoms in total. The van der Waals surface area contributed by atoms with Gasteiger partial charge in [0.1, 0.15) is 0 Å². The van der Waals surface area contributed by atoms with Crippen LogP contribution in [0.1, 0.15) is 25.3 Å². The average Bonchev–Trinajstić information content (AvgIpc) is 2.37. The first-order valence-corrected chi connectivity index (χ1v) is 6.38. The van der Waals surface area contributed by atoms with Crippen LogP contribution >= 0.6 is 0 Å². The Morgan fingerprint density at radius 3 is 2.58 bits per heavy atom. The van der Waals surface area contributed by atoms with Crippen molar-refractivity contribution in [3.8, 4) is 0 Å². The summed E-state index contributed by atoms with van der Waals surface area (Å²) >= 11 is 0. The fraction of sp³-hybridized carbons (Fsp3) is 0.429. The van der Waals surface area contributed by atoms with Crippen LogP contribution in [0.2, 0.25) is 0 Å². The van der Waals surface area contributed by atoms with Crippen molar-refractivity contribution in [2.75, 3.05) is 6.54 Å². The molecule has 0 aliphatic rings. The molecule has 0 bridgehead atoms. The highest BCUT2D eigenvalue weighted by atomic mass is 16.4. The molecule has 3 N–H and O–H groups in total. The highest BCUT2D eigenvalue weighted by molar-refractivity contribution is 5.75. The normalized spacial score (nSPS) is 11.6. The highest BCUT2D eigenvalue weighted by Crippen LogP contribution is 2.04. The molecule has 1 atom stereocenters. The Kier molecular flexibility index (Phi) is 6.43. The molecule has 0 saturated carbocycles. The number of urea groups is 1. The summed E-state index contributed by atoms with van der Waals surface area (Å²) in [6.45, 7) is 2.08. The minimum absolute atomic E-state index is 0.0463. The molecule has 0 fully saturated rings. The van der Waals surface area contributed by atoms with Crippen molar-refractivity contribution in [1.82, 2.24) is 10.6 Å². The van der Waals surface area contributed by atoms with E-state index in [-0.39, 0.29) is 25.0 Å². The van der Waals surface area contributed by atoms with Gasteiger partial charge in [-0.1, -0.05) is 30.3 Å². The van der Waals surface area contributed by atoms with Gasteiger partial charge < -0.3 is 15.7 Å². The van der Waals surface area contributed by atoms with E-state index in [1.807, 2.05) is 25.1 Å². The number of carboxylic acids is 1. The highest BCUT2D eigenvalue weighted by Gasteiger charge is 2.07. The zero-order valence-electron chi connectivity index (χ0n) is 11.1. The summed E-state index contributed by atoms with van der Waals surface area (Å²) in [5, 5.41) is 13.7.